The quantitative estimate of drug-likeness (QED) is 0.633. The molecular formula is C7H7BClFO. The van der Waals surface area contributed by atoms with Gasteiger partial charge in [0.2, 0.25) is 0 Å². The van der Waals surface area contributed by atoms with E-state index in [-0.39, 0.29) is 5.46 Å². The third-order valence-electron chi connectivity index (χ3n) is 1.41. The van der Waals surface area contributed by atoms with Crippen LogP contribution in [-0.4, -0.2) is 11.9 Å². The van der Waals surface area contributed by atoms with E-state index < -0.39 is 12.7 Å². The van der Waals surface area contributed by atoms with Crippen LogP contribution < -0.4 is 5.46 Å². The van der Waals surface area contributed by atoms with Gasteiger partial charge in [0.05, 0.1) is 0 Å². The van der Waals surface area contributed by atoms with Crippen molar-refractivity contribution in [1.82, 2.24) is 0 Å². The van der Waals surface area contributed by atoms with Gasteiger partial charge in [-0.3, -0.25) is 0 Å². The second-order valence-corrected chi connectivity index (χ2v) is 2.78. The summed E-state index contributed by atoms with van der Waals surface area (Å²) in [6, 6.07) is 4.21. The normalized spacial score (nSPS) is 9.82. The van der Waals surface area contributed by atoms with Crippen LogP contribution >= 0.6 is 11.6 Å². The van der Waals surface area contributed by atoms with E-state index in [1.807, 2.05) is 0 Å². The van der Waals surface area contributed by atoms with Gasteiger partial charge in [0, 0.05) is 5.02 Å². The summed E-state index contributed by atoms with van der Waals surface area (Å²) >= 11 is 5.50. The van der Waals surface area contributed by atoms with Gasteiger partial charge in [-0.05, 0) is 17.6 Å². The van der Waals surface area contributed by atoms with Crippen LogP contribution in [0.4, 0.5) is 4.39 Å². The minimum absolute atomic E-state index is 0.273. The summed E-state index contributed by atoms with van der Waals surface area (Å²) in [6.45, 7) is 0.721. The Hall–Kier alpha value is -0.535. The highest BCUT2D eigenvalue weighted by Gasteiger charge is 2.11. The van der Waals surface area contributed by atoms with Crippen molar-refractivity contribution in [3.63, 3.8) is 0 Å². The summed E-state index contributed by atoms with van der Waals surface area (Å²) in [5, 5.41) is 9.35. The van der Waals surface area contributed by atoms with E-state index in [2.05, 4.69) is 0 Å². The standard InChI is InChI=1S/C7H7BClFO/c1-8(11)6-3-2-5(9)4-7(6)10/h2-4,11H,1H3. The van der Waals surface area contributed by atoms with Crippen LogP contribution in [0.3, 0.4) is 0 Å². The molecule has 58 valence electrons. The summed E-state index contributed by atoms with van der Waals surface area (Å²) in [5.41, 5.74) is 0.273. The Labute approximate surface area is 69.9 Å². The summed E-state index contributed by atoms with van der Waals surface area (Å²) in [5.74, 6) is -0.465. The van der Waals surface area contributed by atoms with E-state index in [0.717, 1.165) is 0 Å². The first-order valence-electron chi connectivity index (χ1n) is 3.24. The number of rotatable bonds is 1. The molecule has 0 heterocycles. The highest BCUT2D eigenvalue weighted by Crippen LogP contribution is 2.07. The third kappa shape index (κ3) is 1.95. The predicted molar refractivity (Wildman–Crippen MR) is 44.9 cm³/mol. The Bertz CT molecular complexity index is 265. The van der Waals surface area contributed by atoms with Crippen molar-refractivity contribution < 1.29 is 9.41 Å². The van der Waals surface area contributed by atoms with Crippen molar-refractivity contribution >= 4 is 24.0 Å². The molecule has 0 unspecified atom stereocenters. The van der Waals surface area contributed by atoms with Gasteiger partial charge in [0.25, 0.3) is 0 Å². The lowest BCUT2D eigenvalue weighted by atomic mass is 9.64. The molecule has 1 aromatic rings. The summed E-state index contributed by atoms with van der Waals surface area (Å²) in [6.07, 6.45) is 0. The molecule has 0 aliphatic carbocycles. The summed E-state index contributed by atoms with van der Waals surface area (Å²) < 4.78 is 12.9. The van der Waals surface area contributed by atoms with Crippen LogP contribution in [0, 0.1) is 5.82 Å². The lowest BCUT2D eigenvalue weighted by Crippen LogP contribution is -2.29. The van der Waals surface area contributed by atoms with Gasteiger partial charge in [0.15, 0.2) is 0 Å². The van der Waals surface area contributed by atoms with Crippen molar-refractivity contribution in [2.45, 2.75) is 6.82 Å². The molecule has 0 saturated carbocycles. The molecule has 1 nitrogen and oxygen atoms in total. The second-order valence-electron chi connectivity index (χ2n) is 2.34. The average Bonchev–Trinajstić information content (AvgIpc) is 1.85. The highest BCUT2D eigenvalue weighted by molar-refractivity contribution is 6.64. The molecule has 0 amide bonds. The van der Waals surface area contributed by atoms with Gasteiger partial charge < -0.3 is 5.02 Å². The molecule has 4 heteroatoms. The van der Waals surface area contributed by atoms with Gasteiger partial charge in [0.1, 0.15) is 5.82 Å². The summed E-state index contributed by atoms with van der Waals surface area (Å²) in [7, 11) is 0. The first-order valence-corrected chi connectivity index (χ1v) is 3.62. The number of hydrogen-bond donors (Lipinski definition) is 1. The SMILES string of the molecule is CB(O)c1ccc(Cl)cc1F. The molecule has 0 bridgehead atoms. The van der Waals surface area contributed by atoms with Crippen LogP contribution in [0.5, 0.6) is 0 Å². The molecule has 0 aliphatic rings. The van der Waals surface area contributed by atoms with E-state index in [1.54, 1.807) is 6.07 Å². The van der Waals surface area contributed by atoms with Crippen molar-refractivity contribution in [2.75, 3.05) is 0 Å². The van der Waals surface area contributed by atoms with Crippen molar-refractivity contribution in [1.29, 1.82) is 0 Å². The molecule has 0 radical (unpaired) electrons. The Morgan fingerprint density at radius 2 is 2.18 bits per heavy atom. The zero-order chi connectivity index (χ0) is 8.43. The largest absolute Gasteiger partial charge is 0.446 e. The van der Waals surface area contributed by atoms with Crippen LogP contribution in [-0.2, 0) is 0 Å². The Morgan fingerprint density at radius 1 is 1.55 bits per heavy atom. The maximum atomic E-state index is 12.9. The lowest BCUT2D eigenvalue weighted by Gasteiger charge is -2.01. The molecule has 0 aliphatic heterocycles. The van der Waals surface area contributed by atoms with Crippen LogP contribution in [0.25, 0.3) is 0 Å². The van der Waals surface area contributed by atoms with E-state index in [9.17, 15) is 4.39 Å². The van der Waals surface area contributed by atoms with E-state index in [1.165, 1.54) is 19.0 Å². The van der Waals surface area contributed by atoms with Crippen molar-refractivity contribution in [3.05, 3.63) is 29.0 Å². The summed E-state index contributed by atoms with van der Waals surface area (Å²) in [4.78, 5) is 0. The molecule has 0 atom stereocenters. The van der Waals surface area contributed by atoms with Gasteiger partial charge in [-0.25, -0.2) is 4.39 Å². The Morgan fingerprint density at radius 3 is 2.64 bits per heavy atom. The zero-order valence-electron chi connectivity index (χ0n) is 6.01. The lowest BCUT2D eigenvalue weighted by molar-refractivity contribution is 0.584. The molecule has 0 fully saturated rings. The van der Waals surface area contributed by atoms with E-state index in [0.29, 0.717) is 5.02 Å². The van der Waals surface area contributed by atoms with Crippen LogP contribution in [0.1, 0.15) is 0 Å². The van der Waals surface area contributed by atoms with Crippen molar-refractivity contribution in [3.8, 4) is 0 Å². The minimum atomic E-state index is -0.785. The molecule has 1 aromatic carbocycles. The molecule has 1 N–H and O–H groups in total. The maximum absolute atomic E-state index is 12.9. The fourth-order valence-electron chi connectivity index (χ4n) is 0.840. The van der Waals surface area contributed by atoms with Crippen molar-refractivity contribution in [2.24, 2.45) is 0 Å². The number of hydrogen-bond acceptors (Lipinski definition) is 1. The average molecular weight is 172 g/mol. The molecule has 0 aromatic heterocycles. The highest BCUT2D eigenvalue weighted by atomic mass is 35.5. The first-order chi connectivity index (χ1) is 5.11. The predicted octanol–water partition coefficient (Wildman–Crippen LogP) is 1.30. The van der Waals surface area contributed by atoms with Crippen LogP contribution in [0.15, 0.2) is 18.2 Å². The molecule has 0 spiro atoms. The van der Waals surface area contributed by atoms with Gasteiger partial charge in [-0.1, -0.05) is 24.5 Å². The molecule has 11 heavy (non-hydrogen) atoms. The topological polar surface area (TPSA) is 20.2 Å². The fraction of sp³-hybridized carbons (Fsp3) is 0.143. The van der Waals surface area contributed by atoms with E-state index >= 15 is 0 Å². The Kier molecular flexibility index (Phi) is 2.52. The minimum Gasteiger partial charge on any atom is -0.446 e. The van der Waals surface area contributed by atoms with Crippen LogP contribution in [0.2, 0.25) is 11.8 Å². The van der Waals surface area contributed by atoms with Gasteiger partial charge >= 0.3 is 6.92 Å². The smallest absolute Gasteiger partial charge is 0.323 e. The fourth-order valence-corrected chi connectivity index (χ4v) is 0.999. The first kappa shape index (κ1) is 8.56. The van der Waals surface area contributed by atoms with Gasteiger partial charge in [-0.15, -0.1) is 0 Å². The molecular weight excluding hydrogens is 165 g/mol. The Balaban J connectivity index is 3.09. The third-order valence-corrected chi connectivity index (χ3v) is 1.65. The monoisotopic (exact) mass is 172 g/mol. The maximum Gasteiger partial charge on any atom is 0.323 e. The zero-order valence-corrected chi connectivity index (χ0v) is 6.77. The molecule has 1 rings (SSSR count). The number of benzene rings is 1. The van der Waals surface area contributed by atoms with E-state index in [4.69, 9.17) is 16.6 Å². The molecule has 0 saturated heterocycles. The van der Waals surface area contributed by atoms with Gasteiger partial charge in [-0.2, -0.15) is 0 Å². The number of halogens is 2. The second kappa shape index (κ2) is 3.24.